The van der Waals surface area contributed by atoms with Crippen LogP contribution in [0.4, 0.5) is 5.69 Å². The zero-order valence-electron chi connectivity index (χ0n) is 15.9. The molecule has 0 aliphatic carbocycles. The van der Waals surface area contributed by atoms with Gasteiger partial charge in [0.15, 0.2) is 17.5 Å². The summed E-state index contributed by atoms with van der Waals surface area (Å²) in [5.41, 5.74) is 6.82. The van der Waals surface area contributed by atoms with Gasteiger partial charge in [0.1, 0.15) is 0 Å². The molecule has 2 rings (SSSR count). The molecule has 1 saturated heterocycles. The number of nitrogens with zero attached hydrogens (tertiary/aromatic N) is 2. The van der Waals surface area contributed by atoms with Crippen molar-refractivity contribution in [2.24, 2.45) is 22.6 Å². The van der Waals surface area contributed by atoms with Crippen molar-refractivity contribution in [1.82, 2.24) is 4.90 Å². The Labute approximate surface area is 151 Å². The van der Waals surface area contributed by atoms with Crippen LogP contribution in [0.2, 0.25) is 0 Å². The molecule has 140 valence electrons. The summed E-state index contributed by atoms with van der Waals surface area (Å²) >= 11 is 0. The van der Waals surface area contributed by atoms with E-state index in [1.54, 1.807) is 14.2 Å². The number of aliphatic imine (C=N–C) groups is 1. The SMILES string of the molecule is COc1ccc(NC(N)=NCCCN2CC(C)CC(C)C2)cc1OC. The van der Waals surface area contributed by atoms with E-state index >= 15 is 0 Å². The molecule has 0 spiro atoms. The van der Waals surface area contributed by atoms with Crippen LogP contribution < -0.4 is 20.5 Å². The molecule has 2 atom stereocenters. The molecule has 25 heavy (non-hydrogen) atoms. The summed E-state index contributed by atoms with van der Waals surface area (Å²) in [4.78, 5) is 6.97. The van der Waals surface area contributed by atoms with E-state index in [1.165, 1.54) is 19.5 Å². The first-order chi connectivity index (χ1) is 12.0. The van der Waals surface area contributed by atoms with E-state index in [2.05, 4.69) is 29.1 Å². The van der Waals surface area contributed by atoms with Crippen LogP contribution in [0.3, 0.4) is 0 Å². The topological polar surface area (TPSA) is 72.1 Å². The van der Waals surface area contributed by atoms with E-state index in [4.69, 9.17) is 15.2 Å². The fourth-order valence-corrected chi connectivity index (χ4v) is 3.57. The Balaban J connectivity index is 1.78. The molecule has 0 amide bonds. The van der Waals surface area contributed by atoms with E-state index in [-0.39, 0.29) is 0 Å². The highest BCUT2D eigenvalue weighted by atomic mass is 16.5. The normalized spacial score (nSPS) is 21.8. The summed E-state index contributed by atoms with van der Waals surface area (Å²) in [6.07, 6.45) is 2.37. The largest absolute Gasteiger partial charge is 0.493 e. The van der Waals surface area contributed by atoms with Crippen molar-refractivity contribution in [3.63, 3.8) is 0 Å². The van der Waals surface area contributed by atoms with Crippen molar-refractivity contribution in [3.8, 4) is 11.5 Å². The third-order valence-electron chi connectivity index (χ3n) is 4.52. The molecule has 1 fully saturated rings. The maximum absolute atomic E-state index is 5.98. The van der Waals surface area contributed by atoms with Gasteiger partial charge in [0.05, 0.1) is 14.2 Å². The van der Waals surface area contributed by atoms with Gasteiger partial charge < -0.3 is 25.4 Å². The van der Waals surface area contributed by atoms with Gasteiger partial charge in [-0.2, -0.15) is 0 Å². The van der Waals surface area contributed by atoms with E-state index in [1.807, 2.05) is 18.2 Å². The number of rotatable bonds is 7. The molecule has 1 aliphatic heterocycles. The first kappa shape index (κ1) is 19.4. The molecule has 3 N–H and O–H groups in total. The van der Waals surface area contributed by atoms with E-state index < -0.39 is 0 Å². The quantitative estimate of drug-likeness (QED) is 0.450. The smallest absolute Gasteiger partial charge is 0.193 e. The Morgan fingerprint density at radius 1 is 1.20 bits per heavy atom. The number of nitrogens with one attached hydrogen (secondary N) is 1. The molecule has 1 aromatic rings. The highest BCUT2D eigenvalue weighted by molar-refractivity contribution is 5.92. The molecule has 6 heteroatoms. The lowest BCUT2D eigenvalue weighted by Gasteiger charge is -2.34. The zero-order valence-corrected chi connectivity index (χ0v) is 15.9. The summed E-state index contributed by atoms with van der Waals surface area (Å²) in [7, 11) is 3.23. The van der Waals surface area contributed by atoms with Gasteiger partial charge in [0.25, 0.3) is 0 Å². The van der Waals surface area contributed by atoms with Gasteiger partial charge in [-0.1, -0.05) is 13.8 Å². The molecule has 1 aliphatic rings. The third-order valence-corrected chi connectivity index (χ3v) is 4.52. The first-order valence-electron chi connectivity index (χ1n) is 9.03. The molecule has 2 unspecified atom stereocenters. The summed E-state index contributed by atoms with van der Waals surface area (Å²) in [6, 6.07) is 5.57. The number of ether oxygens (including phenoxy) is 2. The van der Waals surface area contributed by atoms with Gasteiger partial charge in [-0.25, -0.2) is 0 Å². The minimum Gasteiger partial charge on any atom is -0.493 e. The Hall–Kier alpha value is -1.95. The Morgan fingerprint density at radius 2 is 1.88 bits per heavy atom. The monoisotopic (exact) mass is 348 g/mol. The predicted molar refractivity (Wildman–Crippen MR) is 104 cm³/mol. The summed E-state index contributed by atoms with van der Waals surface area (Å²) < 4.78 is 10.5. The molecule has 1 heterocycles. The number of hydrogen-bond acceptors (Lipinski definition) is 4. The Kier molecular flexibility index (Phi) is 7.37. The van der Waals surface area contributed by atoms with Gasteiger partial charge in [0.2, 0.25) is 0 Å². The van der Waals surface area contributed by atoms with Crippen molar-refractivity contribution >= 4 is 11.6 Å². The second-order valence-corrected chi connectivity index (χ2v) is 7.02. The van der Waals surface area contributed by atoms with E-state index in [0.29, 0.717) is 17.5 Å². The van der Waals surface area contributed by atoms with Crippen molar-refractivity contribution in [2.75, 3.05) is 45.7 Å². The second-order valence-electron chi connectivity index (χ2n) is 7.02. The van der Waals surface area contributed by atoms with Gasteiger partial charge in [-0.15, -0.1) is 0 Å². The first-order valence-corrected chi connectivity index (χ1v) is 9.03. The highest BCUT2D eigenvalue weighted by Crippen LogP contribution is 2.29. The summed E-state index contributed by atoms with van der Waals surface area (Å²) in [5.74, 6) is 3.36. The molecule has 6 nitrogen and oxygen atoms in total. The van der Waals surface area contributed by atoms with Crippen molar-refractivity contribution in [3.05, 3.63) is 18.2 Å². The maximum atomic E-state index is 5.98. The minimum atomic E-state index is 0.424. The summed E-state index contributed by atoms with van der Waals surface area (Å²) in [6.45, 7) is 8.89. The molecule has 1 aromatic carbocycles. The molecule has 0 radical (unpaired) electrons. The van der Waals surface area contributed by atoms with Crippen LogP contribution in [0.5, 0.6) is 11.5 Å². The van der Waals surface area contributed by atoms with Crippen LogP contribution >= 0.6 is 0 Å². The maximum Gasteiger partial charge on any atom is 0.193 e. The Morgan fingerprint density at radius 3 is 2.52 bits per heavy atom. The van der Waals surface area contributed by atoms with Crippen LogP contribution in [-0.4, -0.2) is 51.3 Å². The van der Waals surface area contributed by atoms with Crippen LogP contribution in [0.1, 0.15) is 26.7 Å². The Bertz CT molecular complexity index is 567. The number of hydrogen-bond donors (Lipinski definition) is 2. The number of nitrogens with two attached hydrogens (primary N) is 1. The standard InChI is InChI=1S/C19H32N4O2/c1-14-10-15(2)13-23(12-14)9-5-8-21-19(20)22-16-6-7-17(24-3)18(11-16)25-4/h6-7,11,14-15H,5,8-10,12-13H2,1-4H3,(H3,20,21,22). The number of benzene rings is 1. The lowest BCUT2D eigenvalue weighted by atomic mass is 9.92. The molecule has 0 saturated carbocycles. The van der Waals surface area contributed by atoms with Gasteiger partial charge in [-0.05, 0) is 43.4 Å². The summed E-state index contributed by atoms with van der Waals surface area (Å²) in [5, 5.41) is 3.10. The minimum absolute atomic E-state index is 0.424. The van der Waals surface area contributed by atoms with Gasteiger partial charge in [0, 0.05) is 31.4 Å². The number of guanidine groups is 1. The predicted octanol–water partition coefficient (Wildman–Crippen LogP) is 2.80. The van der Waals surface area contributed by atoms with E-state index in [0.717, 1.165) is 37.0 Å². The second kappa shape index (κ2) is 9.51. The van der Waals surface area contributed by atoms with Gasteiger partial charge in [-0.3, -0.25) is 4.99 Å². The number of methoxy groups -OCH3 is 2. The van der Waals surface area contributed by atoms with Crippen LogP contribution in [-0.2, 0) is 0 Å². The average molecular weight is 348 g/mol. The fourth-order valence-electron chi connectivity index (χ4n) is 3.57. The van der Waals surface area contributed by atoms with Gasteiger partial charge >= 0.3 is 0 Å². The lowest BCUT2D eigenvalue weighted by Crippen LogP contribution is -2.39. The third kappa shape index (κ3) is 6.12. The molecular weight excluding hydrogens is 316 g/mol. The van der Waals surface area contributed by atoms with Crippen LogP contribution in [0, 0.1) is 11.8 Å². The lowest BCUT2D eigenvalue weighted by molar-refractivity contribution is 0.140. The van der Waals surface area contributed by atoms with Crippen LogP contribution in [0.15, 0.2) is 23.2 Å². The zero-order chi connectivity index (χ0) is 18.2. The molecular formula is C19H32N4O2. The number of anilines is 1. The van der Waals surface area contributed by atoms with Crippen LogP contribution in [0.25, 0.3) is 0 Å². The highest BCUT2D eigenvalue weighted by Gasteiger charge is 2.20. The molecule has 0 aromatic heterocycles. The van der Waals surface area contributed by atoms with E-state index in [9.17, 15) is 0 Å². The average Bonchev–Trinajstić information content (AvgIpc) is 2.57. The van der Waals surface area contributed by atoms with Crippen molar-refractivity contribution < 1.29 is 9.47 Å². The van der Waals surface area contributed by atoms with Crippen molar-refractivity contribution in [2.45, 2.75) is 26.7 Å². The number of piperidine rings is 1. The number of likely N-dealkylation sites (tertiary alicyclic amines) is 1. The molecule has 0 bridgehead atoms. The van der Waals surface area contributed by atoms with Crippen molar-refractivity contribution in [1.29, 1.82) is 0 Å². The fraction of sp³-hybridized carbons (Fsp3) is 0.632.